The smallest absolute Gasteiger partial charge is 0.0130 e. The monoisotopic (exact) mass is 155 g/mol. The first-order valence-corrected chi connectivity index (χ1v) is 4.71. The van der Waals surface area contributed by atoms with E-state index in [1.807, 2.05) is 0 Å². The van der Waals surface area contributed by atoms with Gasteiger partial charge in [0.1, 0.15) is 0 Å². The van der Waals surface area contributed by atoms with Crippen LogP contribution in [0, 0.1) is 0 Å². The molecule has 1 heteroatoms. The molecule has 66 valence electrons. The van der Waals surface area contributed by atoms with Crippen LogP contribution < -0.4 is 0 Å². The fourth-order valence-electron chi connectivity index (χ4n) is 2.52. The molecule has 2 unspecified atom stereocenters. The third kappa shape index (κ3) is 1.76. The average Bonchev–Trinajstić information content (AvgIpc) is 2.08. The van der Waals surface area contributed by atoms with Gasteiger partial charge in [0.25, 0.3) is 0 Å². The quantitative estimate of drug-likeness (QED) is 0.520. The fraction of sp³-hybridized carbons (Fsp3) is 1.00. The van der Waals surface area contributed by atoms with Crippen LogP contribution in [-0.4, -0.2) is 22.5 Å². The molecule has 0 amide bonds. The summed E-state index contributed by atoms with van der Waals surface area (Å²) in [6.45, 7) is 11.6. The maximum absolute atomic E-state index is 2.63. The first kappa shape index (κ1) is 9.05. The summed E-state index contributed by atoms with van der Waals surface area (Å²) >= 11 is 0. The highest BCUT2D eigenvalue weighted by atomic mass is 15.3. The van der Waals surface area contributed by atoms with Gasteiger partial charge in [-0.1, -0.05) is 0 Å². The Hall–Kier alpha value is -0.0400. The lowest BCUT2D eigenvalue weighted by Gasteiger charge is -2.39. The van der Waals surface area contributed by atoms with Crippen molar-refractivity contribution in [2.75, 3.05) is 0 Å². The van der Waals surface area contributed by atoms with E-state index in [1.165, 1.54) is 12.8 Å². The largest absolute Gasteiger partial charge is 0.293 e. The van der Waals surface area contributed by atoms with E-state index in [0.29, 0.717) is 5.54 Å². The molecule has 1 nitrogen and oxygen atoms in total. The van der Waals surface area contributed by atoms with Crippen LogP contribution in [0.2, 0.25) is 0 Å². The van der Waals surface area contributed by atoms with Crippen molar-refractivity contribution >= 4 is 0 Å². The van der Waals surface area contributed by atoms with E-state index in [0.717, 1.165) is 12.1 Å². The van der Waals surface area contributed by atoms with Crippen molar-refractivity contribution in [3.8, 4) is 0 Å². The predicted octanol–water partition coefficient (Wildman–Crippen LogP) is 2.66. The lowest BCUT2D eigenvalue weighted by atomic mass is 10.0. The fourth-order valence-corrected chi connectivity index (χ4v) is 2.52. The van der Waals surface area contributed by atoms with E-state index < -0.39 is 0 Å². The Balaban J connectivity index is 2.69. The van der Waals surface area contributed by atoms with Crippen molar-refractivity contribution in [2.45, 2.75) is 65.1 Å². The summed E-state index contributed by atoms with van der Waals surface area (Å²) in [5.41, 5.74) is 0.356. The minimum Gasteiger partial charge on any atom is -0.293 e. The van der Waals surface area contributed by atoms with E-state index >= 15 is 0 Å². The Labute approximate surface area is 70.8 Å². The first-order valence-electron chi connectivity index (χ1n) is 4.71. The van der Waals surface area contributed by atoms with Gasteiger partial charge < -0.3 is 0 Å². The Morgan fingerprint density at radius 3 is 1.55 bits per heavy atom. The van der Waals surface area contributed by atoms with Gasteiger partial charge in [0.05, 0.1) is 0 Å². The van der Waals surface area contributed by atoms with Crippen LogP contribution in [-0.2, 0) is 0 Å². The second-order valence-electron chi connectivity index (χ2n) is 4.85. The van der Waals surface area contributed by atoms with E-state index in [9.17, 15) is 0 Å². The molecule has 0 aliphatic carbocycles. The second-order valence-corrected chi connectivity index (χ2v) is 4.85. The number of hydrogen-bond donors (Lipinski definition) is 0. The van der Waals surface area contributed by atoms with Crippen LogP contribution in [0.15, 0.2) is 0 Å². The zero-order valence-electron chi connectivity index (χ0n) is 8.52. The lowest BCUT2D eigenvalue weighted by Crippen LogP contribution is -2.47. The molecule has 0 aromatic rings. The molecule has 0 saturated carbocycles. The standard InChI is InChI=1S/C10H21N/c1-8-6-7-9(2)11(8)10(3,4)5/h8-9H,6-7H2,1-5H3. The highest BCUT2D eigenvalue weighted by molar-refractivity contribution is 4.90. The first-order chi connectivity index (χ1) is 4.93. The molecule has 1 rings (SSSR count). The number of nitrogens with zero attached hydrogens (tertiary/aromatic N) is 1. The summed E-state index contributed by atoms with van der Waals surface area (Å²) in [5, 5.41) is 0. The number of likely N-dealkylation sites (tertiary alicyclic amines) is 1. The molecular formula is C10H21N. The third-order valence-electron chi connectivity index (χ3n) is 2.73. The van der Waals surface area contributed by atoms with Gasteiger partial charge >= 0.3 is 0 Å². The van der Waals surface area contributed by atoms with Gasteiger partial charge in [0, 0.05) is 17.6 Å². The van der Waals surface area contributed by atoms with E-state index in [4.69, 9.17) is 0 Å². The Morgan fingerprint density at radius 1 is 1.00 bits per heavy atom. The molecule has 11 heavy (non-hydrogen) atoms. The molecule has 1 aliphatic rings. The SMILES string of the molecule is CC1CCC(C)N1C(C)(C)C. The third-order valence-corrected chi connectivity index (χ3v) is 2.73. The van der Waals surface area contributed by atoms with E-state index in [1.54, 1.807) is 0 Å². The van der Waals surface area contributed by atoms with Crippen molar-refractivity contribution in [2.24, 2.45) is 0 Å². The van der Waals surface area contributed by atoms with Gasteiger partial charge in [-0.15, -0.1) is 0 Å². The normalized spacial score (nSPS) is 34.6. The lowest BCUT2D eigenvalue weighted by molar-refractivity contribution is 0.0912. The zero-order valence-corrected chi connectivity index (χ0v) is 8.52. The number of hydrogen-bond acceptors (Lipinski definition) is 1. The molecule has 2 atom stereocenters. The minimum atomic E-state index is 0.356. The summed E-state index contributed by atoms with van der Waals surface area (Å²) in [7, 11) is 0. The maximum Gasteiger partial charge on any atom is 0.0130 e. The topological polar surface area (TPSA) is 3.24 Å². The van der Waals surface area contributed by atoms with E-state index in [2.05, 4.69) is 39.5 Å². The Bertz CT molecular complexity index is 124. The van der Waals surface area contributed by atoms with Crippen LogP contribution in [0.5, 0.6) is 0 Å². The second kappa shape index (κ2) is 2.78. The highest BCUT2D eigenvalue weighted by Crippen LogP contribution is 2.30. The van der Waals surface area contributed by atoms with Crippen molar-refractivity contribution < 1.29 is 0 Å². The van der Waals surface area contributed by atoms with Gasteiger partial charge in [0.15, 0.2) is 0 Å². The Kier molecular flexibility index (Phi) is 2.29. The summed E-state index contributed by atoms with van der Waals surface area (Å²) in [4.78, 5) is 2.63. The maximum atomic E-state index is 2.63. The summed E-state index contributed by atoms with van der Waals surface area (Å²) in [6, 6.07) is 1.56. The Morgan fingerprint density at radius 2 is 1.36 bits per heavy atom. The van der Waals surface area contributed by atoms with Crippen molar-refractivity contribution in [3.63, 3.8) is 0 Å². The molecule has 1 aliphatic heterocycles. The molecule has 0 bridgehead atoms. The molecule has 0 N–H and O–H groups in total. The van der Waals surface area contributed by atoms with Gasteiger partial charge in [-0.05, 0) is 47.5 Å². The molecule has 0 spiro atoms. The molecule has 1 saturated heterocycles. The summed E-state index contributed by atoms with van der Waals surface area (Å²) < 4.78 is 0. The van der Waals surface area contributed by atoms with Crippen LogP contribution in [0.3, 0.4) is 0 Å². The van der Waals surface area contributed by atoms with Crippen molar-refractivity contribution in [1.29, 1.82) is 0 Å². The van der Waals surface area contributed by atoms with Gasteiger partial charge in [-0.25, -0.2) is 0 Å². The molecule has 1 fully saturated rings. The van der Waals surface area contributed by atoms with Crippen LogP contribution in [0.1, 0.15) is 47.5 Å². The van der Waals surface area contributed by atoms with E-state index in [-0.39, 0.29) is 0 Å². The molecule has 1 heterocycles. The predicted molar refractivity (Wildman–Crippen MR) is 49.8 cm³/mol. The number of rotatable bonds is 0. The zero-order chi connectivity index (χ0) is 8.65. The van der Waals surface area contributed by atoms with Crippen molar-refractivity contribution in [1.82, 2.24) is 4.90 Å². The van der Waals surface area contributed by atoms with Crippen LogP contribution >= 0.6 is 0 Å². The average molecular weight is 155 g/mol. The molecular weight excluding hydrogens is 134 g/mol. The minimum absolute atomic E-state index is 0.356. The van der Waals surface area contributed by atoms with Crippen LogP contribution in [0.4, 0.5) is 0 Å². The van der Waals surface area contributed by atoms with Crippen molar-refractivity contribution in [3.05, 3.63) is 0 Å². The summed E-state index contributed by atoms with van der Waals surface area (Å²) in [5.74, 6) is 0. The summed E-state index contributed by atoms with van der Waals surface area (Å²) in [6.07, 6.45) is 2.75. The molecule has 0 aromatic heterocycles. The molecule has 0 radical (unpaired) electrons. The highest BCUT2D eigenvalue weighted by Gasteiger charge is 2.34. The van der Waals surface area contributed by atoms with Gasteiger partial charge in [-0.3, -0.25) is 4.90 Å². The van der Waals surface area contributed by atoms with Crippen LogP contribution in [0.25, 0.3) is 0 Å². The van der Waals surface area contributed by atoms with Gasteiger partial charge in [-0.2, -0.15) is 0 Å². The molecule has 0 aromatic carbocycles. The van der Waals surface area contributed by atoms with Gasteiger partial charge in [0.2, 0.25) is 0 Å².